The van der Waals surface area contributed by atoms with Gasteiger partial charge in [0.05, 0.1) is 19.4 Å². The van der Waals surface area contributed by atoms with Crippen LogP contribution in [-0.2, 0) is 11.3 Å². The highest BCUT2D eigenvalue weighted by atomic mass is 16.5. The van der Waals surface area contributed by atoms with Crippen LogP contribution in [-0.4, -0.2) is 63.1 Å². The number of nitrogens with zero attached hydrogens (tertiary/aromatic N) is 7. The molecule has 0 bridgehead atoms. The summed E-state index contributed by atoms with van der Waals surface area (Å²) in [6, 6.07) is 7.93. The zero-order valence-electron chi connectivity index (χ0n) is 20.9. The first-order valence-corrected chi connectivity index (χ1v) is 12.4. The maximum atomic E-state index is 5.73. The normalized spacial score (nSPS) is 19.5. The summed E-state index contributed by atoms with van der Waals surface area (Å²) in [5.41, 5.74) is 3.75. The van der Waals surface area contributed by atoms with E-state index < -0.39 is 0 Å². The Balaban J connectivity index is 1.32. The Morgan fingerprint density at radius 2 is 2.11 bits per heavy atom. The van der Waals surface area contributed by atoms with Crippen LogP contribution in [0.5, 0.6) is 5.75 Å². The highest BCUT2D eigenvalue weighted by Crippen LogP contribution is 2.41. The summed E-state index contributed by atoms with van der Waals surface area (Å²) in [5, 5.41) is 12.6. The molecule has 186 valence electrons. The Hall–Kier alpha value is -3.79. The monoisotopic (exact) mass is 486 g/mol. The second kappa shape index (κ2) is 9.02. The summed E-state index contributed by atoms with van der Waals surface area (Å²) < 4.78 is 13.4. The molecule has 1 N–H and O–H groups in total. The number of aryl methyl sites for hydroxylation is 2. The van der Waals surface area contributed by atoms with Crippen molar-refractivity contribution in [1.29, 1.82) is 0 Å². The largest absolute Gasteiger partial charge is 0.495 e. The molecular weight excluding hydrogens is 456 g/mol. The Morgan fingerprint density at radius 3 is 2.92 bits per heavy atom. The van der Waals surface area contributed by atoms with Crippen molar-refractivity contribution in [3.63, 3.8) is 0 Å². The zero-order chi connectivity index (χ0) is 24.7. The molecule has 0 amide bonds. The van der Waals surface area contributed by atoms with E-state index in [2.05, 4.69) is 32.3 Å². The lowest BCUT2D eigenvalue weighted by Crippen LogP contribution is -2.28. The Morgan fingerprint density at radius 1 is 1.19 bits per heavy atom. The average molecular weight is 487 g/mol. The molecule has 4 aromatic rings. The van der Waals surface area contributed by atoms with E-state index >= 15 is 0 Å². The number of anilines is 3. The maximum Gasteiger partial charge on any atom is 0.227 e. The van der Waals surface area contributed by atoms with Gasteiger partial charge in [0.25, 0.3) is 0 Å². The van der Waals surface area contributed by atoms with Crippen molar-refractivity contribution in [3.8, 4) is 17.1 Å². The number of rotatable bonds is 6. The van der Waals surface area contributed by atoms with Crippen LogP contribution in [0.1, 0.15) is 25.5 Å². The topological polar surface area (TPSA) is 103 Å². The van der Waals surface area contributed by atoms with Crippen molar-refractivity contribution in [2.75, 3.05) is 43.6 Å². The number of aromatic nitrogens is 6. The van der Waals surface area contributed by atoms with E-state index in [-0.39, 0.29) is 5.41 Å². The van der Waals surface area contributed by atoms with Gasteiger partial charge in [0.1, 0.15) is 17.6 Å². The van der Waals surface area contributed by atoms with E-state index in [1.165, 1.54) is 0 Å². The zero-order valence-corrected chi connectivity index (χ0v) is 20.9. The van der Waals surface area contributed by atoms with Crippen LogP contribution < -0.4 is 15.0 Å². The highest BCUT2D eigenvalue weighted by Gasteiger charge is 2.42. The van der Waals surface area contributed by atoms with Crippen molar-refractivity contribution in [2.24, 2.45) is 5.41 Å². The molecule has 10 heteroatoms. The van der Waals surface area contributed by atoms with Gasteiger partial charge >= 0.3 is 0 Å². The van der Waals surface area contributed by atoms with Crippen LogP contribution in [0, 0.1) is 12.3 Å². The number of benzene rings is 1. The molecular formula is C26H30N8O2. The number of methoxy groups -OCH3 is 1. The first-order valence-electron chi connectivity index (χ1n) is 12.4. The van der Waals surface area contributed by atoms with Crippen LogP contribution >= 0.6 is 0 Å². The first kappa shape index (κ1) is 22.7. The molecule has 3 aromatic heterocycles. The smallest absolute Gasteiger partial charge is 0.227 e. The van der Waals surface area contributed by atoms with E-state index in [1.807, 2.05) is 42.0 Å². The van der Waals surface area contributed by atoms with E-state index in [4.69, 9.17) is 19.4 Å². The third-order valence-corrected chi connectivity index (χ3v) is 7.26. The van der Waals surface area contributed by atoms with E-state index in [0.717, 1.165) is 85.2 Å². The molecule has 1 spiro atoms. The number of pyridine rings is 1. The molecule has 5 heterocycles. The van der Waals surface area contributed by atoms with Gasteiger partial charge in [-0.3, -0.25) is 0 Å². The lowest BCUT2D eigenvalue weighted by Gasteiger charge is -2.23. The molecule has 1 aromatic carbocycles. The third-order valence-electron chi connectivity index (χ3n) is 7.26. The van der Waals surface area contributed by atoms with Crippen LogP contribution in [0.15, 0.2) is 36.8 Å². The van der Waals surface area contributed by atoms with Gasteiger partial charge in [-0.25, -0.2) is 15.0 Å². The van der Waals surface area contributed by atoms with Gasteiger partial charge in [0.2, 0.25) is 5.95 Å². The van der Waals surface area contributed by atoms with Crippen LogP contribution in [0.25, 0.3) is 22.3 Å². The van der Waals surface area contributed by atoms with E-state index in [0.29, 0.717) is 11.7 Å². The molecule has 6 rings (SSSR count). The van der Waals surface area contributed by atoms with E-state index in [9.17, 15) is 0 Å². The summed E-state index contributed by atoms with van der Waals surface area (Å²) >= 11 is 0. The molecule has 2 aliphatic heterocycles. The molecule has 1 atom stereocenters. The number of hydrogen-bond donors (Lipinski definition) is 1. The third kappa shape index (κ3) is 4.01. The van der Waals surface area contributed by atoms with Crippen molar-refractivity contribution < 1.29 is 9.47 Å². The number of hydrogen-bond acceptors (Lipinski definition) is 9. The Labute approximate surface area is 209 Å². The van der Waals surface area contributed by atoms with E-state index in [1.54, 1.807) is 13.4 Å². The van der Waals surface area contributed by atoms with Crippen molar-refractivity contribution in [3.05, 3.63) is 42.5 Å². The summed E-state index contributed by atoms with van der Waals surface area (Å²) in [4.78, 5) is 16.8. The standard InChI is InChI=1S/C26H30N8O2/c1-4-33-16-28-32-23(33)18-5-6-20(21(12-18)35-3)30-25-27-13-19-11-17(2)29-24(22(19)31-25)34-9-7-26(14-34)8-10-36-15-26/h5-6,11-13,16H,4,7-10,14-15H2,1-3H3,(H,27,30,31). The maximum absolute atomic E-state index is 5.73. The predicted molar refractivity (Wildman–Crippen MR) is 138 cm³/mol. The molecule has 1 unspecified atom stereocenters. The fourth-order valence-corrected chi connectivity index (χ4v) is 5.29. The number of ether oxygens (including phenoxy) is 2. The van der Waals surface area contributed by atoms with Gasteiger partial charge < -0.3 is 24.3 Å². The Bertz CT molecular complexity index is 1410. The van der Waals surface area contributed by atoms with Gasteiger partial charge in [-0.15, -0.1) is 10.2 Å². The van der Waals surface area contributed by atoms with Gasteiger partial charge in [-0.2, -0.15) is 0 Å². The molecule has 0 aliphatic carbocycles. The van der Waals surface area contributed by atoms with Crippen LogP contribution in [0.2, 0.25) is 0 Å². The fourth-order valence-electron chi connectivity index (χ4n) is 5.29. The molecule has 2 saturated heterocycles. The van der Waals surface area contributed by atoms with Crippen molar-refractivity contribution in [1.82, 2.24) is 29.7 Å². The van der Waals surface area contributed by atoms with Crippen LogP contribution in [0.3, 0.4) is 0 Å². The average Bonchev–Trinajstić information content (AvgIpc) is 3.66. The highest BCUT2D eigenvalue weighted by molar-refractivity contribution is 5.89. The van der Waals surface area contributed by atoms with Gasteiger partial charge in [-0.05, 0) is 51.0 Å². The summed E-state index contributed by atoms with van der Waals surface area (Å²) in [7, 11) is 1.65. The lowest BCUT2D eigenvalue weighted by molar-refractivity contribution is 0.160. The molecule has 0 saturated carbocycles. The molecule has 2 aliphatic rings. The summed E-state index contributed by atoms with van der Waals surface area (Å²) in [6.45, 7) is 8.46. The molecule has 36 heavy (non-hydrogen) atoms. The predicted octanol–water partition coefficient (Wildman–Crippen LogP) is 3.98. The summed E-state index contributed by atoms with van der Waals surface area (Å²) in [5.74, 6) is 2.88. The molecule has 10 nitrogen and oxygen atoms in total. The molecule has 0 radical (unpaired) electrons. The second-order valence-corrected chi connectivity index (χ2v) is 9.67. The molecule has 2 fully saturated rings. The SMILES string of the molecule is CCn1cnnc1-c1ccc(Nc2ncc3cc(C)nc(N4CCC5(CCOC5)C4)c3n2)c(OC)c1. The minimum atomic E-state index is 0.239. The van der Waals surface area contributed by atoms with Gasteiger partial charge in [-0.1, -0.05) is 0 Å². The lowest BCUT2D eigenvalue weighted by atomic mass is 9.87. The van der Waals surface area contributed by atoms with Crippen molar-refractivity contribution >= 4 is 28.4 Å². The number of nitrogens with one attached hydrogen (secondary N) is 1. The minimum Gasteiger partial charge on any atom is -0.495 e. The first-order chi connectivity index (χ1) is 17.6. The van der Waals surface area contributed by atoms with Crippen molar-refractivity contribution in [2.45, 2.75) is 33.2 Å². The van der Waals surface area contributed by atoms with Gasteiger partial charge in [0, 0.05) is 54.5 Å². The number of fused-ring (bicyclic) bond motifs is 1. The minimum absolute atomic E-state index is 0.239. The fraction of sp³-hybridized carbons (Fsp3) is 0.423. The summed E-state index contributed by atoms with van der Waals surface area (Å²) in [6.07, 6.45) is 5.82. The van der Waals surface area contributed by atoms with Crippen LogP contribution in [0.4, 0.5) is 17.5 Å². The van der Waals surface area contributed by atoms with Gasteiger partial charge in [0.15, 0.2) is 11.6 Å². The second-order valence-electron chi connectivity index (χ2n) is 9.67. The quantitative estimate of drug-likeness (QED) is 0.433. The Kier molecular flexibility index (Phi) is 5.67.